The van der Waals surface area contributed by atoms with E-state index < -0.39 is 0 Å². The van der Waals surface area contributed by atoms with Crippen molar-refractivity contribution < 1.29 is 10.0 Å². The molecule has 0 bridgehead atoms. The number of nitrogens with zero attached hydrogens (tertiary/aromatic N) is 2. The maximum Gasteiger partial charge on any atom is 0.223 e. The average Bonchev–Trinajstić information content (AvgIpc) is 2.22. The molecule has 1 amide bonds. The smallest absolute Gasteiger partial charge is 0.223 e. The second-order valence-corrected chi connectivity index (χ2v) is 6.28. The van der Waals surface area contributed by atoms with E-state index in [1.807, 2.05) is 0 Å². The zero-order valence-corrected chi connectivity index (χ0v) is 12.4. The van der Waals surface area contributed by atoms with Crippen LogP contribution in [-0.2, 0) is 4.79 Å². The van der Waals surface area contributed by atoms with Crippen molar-refractivity contribution in [1.29, 1.82) is 0 Å². The Labute approximate surface area is 110 Å². The van der Waals surface area contributed by atoms with Gasteiger partial charge in [0.25, 0.3) is 0 Å². The van der Waals surface area contributed by atoms with E-state index in [4.69, 9.17) is 10.9 Å². The molecule has 0 aliphatic carbocycles. The maximum atomic E-state index is 12.0. The van der Waals surface area contributed by atoms with Crippen LogP contribution in [0.1, 0.15) is 47.5 Å². The van der Waals surface area contributed by atoms with Gasteiger partial charge in [-0.2, -0.15) is 0 Å². The summed E-state index contributed by atoms with van der Waals surface area (Å²) in [6, 6.07) is -0.385. The number of rotatable bonds is 5. The molecule has 2 atom stereocenters. The Hall–Kier alpha value is -1.26. The van der Waals surface area contributed by atoms with E-state index in [1.165, 1.54) is 4.90 Å². The van der Waals surface area contributed by atoms with E-state index in [-0.39, 0.29) is 23.2 Å². The number of amidine groups is 1. The average molecular weight is 257 g/mol. The first-order valence-electron chi connectivity index (χ1n) is 6.31. The summed E-state index contributed by atoms with van der Waals surface area (Å²) in [4.78, 5) is 13.6. The van der Waals surface area contributed by atoms with Crippen LogP contribution in [0.5, 0.6) is 0 Å². The van der Waals surface area contributed by atoms with Crippen molar-refractivity contribution >= 4 is 11.7 Å². The largest absolute Gasteiger partial charge is 0.409 e. The number of likely N-dealkylation sites (N-methyl/N-ethyl adjacent to an activating group) is 1. The minimum absolute atomic E-state index is 0.0193. The molecule has 5 heteroatoms. The Balaban J connectivity index is 4.41. The third kappa shape index (κ3) is 5.89. The van der Waals surface area contributed by atoms with E-state index in [2.05, 4.69) is 32.9 Å². The molecule has 0 aromatic carbocycles. The van der Waals surface area contributed by atoms with Gasteiger partial charge in [0.1, 0.15) is 0 Å². The van der Waals surface area contributed by atoms with Crippen molar-refractivity contribution in [1.82, 2.24) is 4.90 Å². The topological polar surface area (TPSA) is 78.9 Å². The quantitative estimate of drug-likeness (QED) is 0.342. The SMILES string of the molecule is CC(CC(=O)N(C)C(C)C(N)=NO)CC(C)(C)C. The first kappa shape index (κ1) is 16.7. The van der Waals surface area contributed by atoms with Crippen LogP contribution in [0.4, 0.5) is 0 Å². The van der Waals surface area contributed by atoms with Crippen LogP contribution >= 0.6 is 0 Å². The number of hydrogen-bond acceptors (Lipinski definition) is 3. The first-order valence-corrected chi connectivity index (χ1v) is 6.31. The van der Waals surface area contributed by atoms with E-state index in [0.717, 1.165) is 6.42 Å². The van der Waals surface area contributed by atoms with Crippen LogP contribution in [0.3, 0.4) is 0 Å². The van der Waals surface area contributed by atoms with Gasteiger partial charge >= 0.3 is 0 Å². The fraction of sp³-hybridized carbons (Fsp3) is 0.846. The van der Waals surface area contributed by atoms with Gasteiger partial charge in [0, 0.05) is 13.5 Å². The van der Waals surface area contributed by atoms with Gasteiger partial charge < -0.3 is 15.8 Å². The molecule has 3 N–H and O–H groups in total. The molecule has 0 saturated carbocycles. The fourth-order valence-corrected chi connectivity index (χ4v) is 2.06. The van der Waals surface area contributed by atoms with Gasteiger partial charge in [-0.15, -0.1) is 0 Å². The lowest BCUT2D eigenvalue weighted by molar-refractivity contribution is -0.131. The minimum atomic E-state index is -0.385. The van der Waals surface area contributed by atoms with Gasteiger partial charge in [0.15, 0.2) is 5.84 Å². The Morgan fingerprint density at radius 1 is 1.39 bits per heavy atom. The summed E-state index contributed by atoms with van der Waals surface area (Å²) < 4.78 is 0. The second kappa shape index (κ2) is 6.61. The number of nitrogens with two attached hydrogens (primary N) is 1. The first-order chi connectivity index (χ1) is 8.08. The molecule has 0 spiro atoms. The van der Waals surface area contributed by atoms with Crippen LogP contribution in [-0.4, -0.2) is 34.9 Å². The van der Waals surface area contributed by atoms with Crippen LogP contribution in [0, 0.1) is 11.3 Å². The van der Waals surface area contributed by atoms with E-state index in [1.54, 1.807) is 14.0 Å². The van der Waals surface area contributed by atoms with Crippen molar-refractivity contribution in [2.24, 2.45) is 22.2 Å². The number of hydrogen-bond donors (Lipinski definition) is 2. The molecule has 0 radical (unpaired) electrons. The van der Waals surface area contributed by atoms with Gasteiger partial charge in [-0.05, 0) is 24.7 Å². The summed E-state index contributed by atoms with van der Waals surface area (Å²) >= 11 is 0. The normalized spacial score (nSPS) is 16.2. The summed E-state index contributed by atoms with van der Waals surface area (Å²) in [6.45, 7) is 10.3. The third-order valence-corrected chi connectivity index (χ3v) is 3.00. The summed E-state index contributed by atoms with van der Waals surface area (Å²) in [5.41, 5.74) is 5.71. The van der Waals surface area contributed by atoms with Gasteiger partial charge in [-0.25, -0.2) is 0 Å². The molecule has 0 heterocycles. The molecule has 0 saturated heterocycles. The van der Waals surface area contributed by atoms with Crippen LogP contribution in [0.2, 0.25) is 0 Å². The van der Waals surface area contributed by atoms with Crippen LogP contribution < -0.4 is 5.73 Å². The molecule has 0 aromatic heterocycles. The Kier molecular flexibility index (Phi) is 6.15. The van der Waals surface area contributed by atoms with Gasteiger partial charge in [0.2, 0.25) is 5.91 Å². The number of amides is 1. The third-order valence-electron chi connectivity index (χ3n) is 3.00. The zero-order valence-electron chi connectivity index (χ0n) is 12.4. The standard InChI is InChI=1S/C13H27N3O2/c1-9(8-13(3,4)5)7-11(17)16(6)10(2)12(14)15-18/h9-10,18H,7-8H2,1-6H3,(H2,14,15). The monoisotopic (exact) mass is 257 g/mol. The summed E-state index contributed by atoms with van der Waals surface area (Å²) in [5.74, 6) is 0.389. The molecular formula is C13H27N3O2. The number of carbonyl (C=O) groups excluding carboxylic acids is 1. The number of oxime groups is 1. The highest BCUT2D eigenvalue weighted by atomic mass is 16.4. The fourth-order valence-electron chi connectivity index (χ4n) is 2.06. The molecular weight excluding hydrogens is 230 g/mol. The number of carbonyl (C=O) groups is 1. The lowest BCUT2D eigenvalue weighted by Crippen LogP contribution is -2.44. The Bertz CT molecular complexity index is 308. The van der Waals surface area contributed by atoms with E-state index in [0.29, 0.717) is 12.3 Å². The molecule has 5 nitrogen and oxygen atoms in total. The maximum absolute atomic E-state index is 12.0. The van der Waals surface area contributed by atoms with Crippen molar-refractivity contribution in [3.05, 3.63) is 0 Å². The highest BCUT2D eigenvalue weighted by Crippen LogP contribution is 2.26. The van der Waals surface area contributed by atoms with E-state index in [9.17, 15) is 4.79 Å². The minimum Gasteiger partial charge on any atom is -0.409 e. The highest BCUT2D eigenvalue weighted by Gasteiger charge is 2.23. The van der Waals surface area contributed by atoms with Crippen molar-refractivity contribution in [3.63, 3.8) is 0 Å². The van der Waals surface area contributed by atoms with E-state index >= 15 is 0 Å². The van der Waals surface area contributed by atoms with Crippen molar-refractivity contribution in [2.75, 3.05) is 7.05 Å². The molecule has 0 aromatic rings. The Morgan fingerprint density at radius 2 is 1.89 bits per heavy atom. The van der Waals surface area contributed by atoms with Gasteiger partial charge in [-0.3, -0.25) is 4.79 Å². The van der Waals surface area contributed by atoms with Crippen molar-refractivity contribution in [3.8, 4) is 0 Å². The predicted octanol–water partition coefficient (Wildman–Crippen LogP) is 2.04. The second-order valence-electron chi connectivity index (χ2n) is 6.28. The molecule has 0 aliphatic heterocycles. The van der Waals surface area contributed by atoms with Gasteiger partial charge in [0.05, 0.1) is 6.04 Å². The lowest BCUT2D eigenvalue weighted by Gasteiger charge is -2.27. The molecule has 0 aliphatic rings. The summed E-state index contributed by atoms with van der Waals surface area (Å²) in [6.07, 6.45) is 1.47. The van der Waals surface area contributed by atoms with Crippen LogP contribution in [0.15, 0.2) is 5.16 Å². The Morgan fingerprint density at radius 3 is 2.28 bits per heavy atom. The highest BCUT2D eigenvalue weighted by molar-refractivity contribution is 5.89. The lowest BCUT2D eigenvalue weighted by atomic mass is 9.84. The van der Waals surface area contributed by atoms with Crippen LogP contribution in [0.25, 0.3) is 0 Å². The zero-order chi connectivity index (χ0) is 14.5. The molecule has 0 fully saturated rings. The molecule has 106 valence electrons. The summed E-state index contributed by atoms with van der Waals surface area (Å²) in [7, 11) is 1.68. The molecule has 0 rings (SSSR count). The molecule has 2 unspecified atom stereocenters. The van der Waals surface area contributed by atoms with Gasteiger partial charge in [-0.1, -0.05) is 32.9 Å². The van der Waals surface area contributed by atoms with Crippen molar-refractivity contribution in [2.45, 2.75) is 53.5 Å². The summed E-state index contributed by atoms with van der Waals surface area (Å²) in [5, 5.41) is 11.5. The molecule has 18 heavy (non-hydrogen) atoms. The predicted molar refractivity (Wildman–Crippen MR) is 73.5 cm³/mol.